The Kier molecular flexibility index (Phi) is 4.76. The predicted molar refractivity (Wildman–Crippen MR) is 76.8 cm³/mol. The summed E-state index contributed by atoms with van der Waals surface area (Å²) in [4.78, 5) is 4.33. The second-order valence-corrected chi connectivity index (χ2v) is 5.97. The maximum Gasteiger partial charge on any atom is 0.0306 e. The largest absolute Gasteiger partial charge is 0.314 e. The molecule has 1 heterocycles. The molecular weight excluding hydrogens is 220 g/mol. The Balaban J connectivity index is 2.20. The molecule has 1 N–H and O–H groups in total. The summed E-state index contributed by atoms with van der Waals surface area (Å²) < 4.78 is 0. The summed E-state index contributed by atoms with van der Waals surface area (Å²) >= 11 is 0. The summed E-state index contributed by atoms with van der Waals surface area (Å²) in [5.41, 5.74) is 1.75. The van der Waals surface area contributed by atoms with E-state index in [0.29, 0.717) is 11.5 Å². The van der Waals surface area contributed by atoms with Gasteiger partial charge < -0.3 is 5.32 Å². The molecule has 1 aliphatic rings. The van der Waals surface area contributed by atoms with Gasteiger partial charge in [0.2, 0.25) is 0 Å². The normalized spacial score (nSPS) is 19.7. The van der Waals surface area contributed by atoms with Crippen LogP contribution in [-0.4, -0.2) is 17.6 Å². The van der Waals surface area contributed by atoms with E-state index >= 15 is 0 Å². The molecule has 0 amide bonds. The van der Waals surface area contributed by atoms with Gasteiger partial charge >= 0.3 is 0 Å². The first-order valence-electron chi connectivity index (χ1n) is 7.37. The second kappa shape index (κ2) is 6.33. The van der Waals surface area contributed by atoms with Crippen molar-refractivity contribution in [3.05, 3.63) is 30.1 Å². The summed E-state index contributed by atoms with van der Waals surface area (Å²) in [5, 5.41) is 3.65. The Labute approximate surface area is 111 Å². The fourth-order valence-corrected chi connectivity index (χ4v) is 3.05. The van der Waals surface area contributed by atoms with E-state index in [0.717, 1.165) is 6.54 Å². The molecule has 2 rings (SSSR count). The Morgan fingerprint density at radius 3 is 2.50 bits per heavy atom. The molecule has 0 spiro atoms. The molecule has 2 heteroatoms. The first-order valence-corrected chi connectivity index (χ1v) is 7.37. The van der Waals surface area contributed by atoms with Crippen LogP contribution in [-0.2, 0) is 5.41 Å². The first-order chi connectivity index (χ1) is 8.73. The molecule has 1 saturated carbocycles. The fraction of sp³-hybridized carbons (Fsp3) is 0.688. The molecule has 0 aliphatic heterocycles. The standard InChI is InChI=1S/C16H26N2/c1-14(2)18-13-16(9-5-3-4-6-10-16)15-8-7-11-17-12-15/h7-8,11-12,14,18H,3-6,9-10,13H2,1-2H3. The van der Waals surface area contributed by atoms with Gasteiger partial charge in [0.05, 0.1) is 0 Å². The van der Waals surface area contributed by atoms with Crippen LogP contribution in [0.3, 0.4) is 0 Å². The number of nitrogens with zero attached hydrogens (tertiary/aromatic N) is 1. The molecular formula is C16H26N2. The highest BCUT2D eigenvalue weighted by atomic mass is 14.9. The lowest BCUT2D eigenvalue weighted by atomic mass is 9.74. The van der Waals surface area contributed by atoms with Crippen molar-refractivity contribution in [3.8, 4) is 0 Å². The minimum absolute atomic E-state index is 0.315. The zero-order chi connectivity index (χ0) is 12.8. The molecule has 0 unspecified atom stereocenters. The number of hydrogen-bond donors (Lipinski definition) is 1. The van der Waals surface area contributed by atoms with Crippen molar-refractivity contribution >= 4 is 0 Å². The van der Waals surface area contributed by atoms with Crippen molar-refractivity contribution in [3.63, 3.8) is 0 Å². The number of hydrogen-bond acceptors (Lipinski definition) is 2. The zero-order valence-electron chi connectivity index (χ0n) is 11.8. The van der Waals surface area contributed by atoms with Crippen molar-refractivity contribution in [1.29, 1.82) is 0 Å². The Bertz CT molecular complexity index is 337. The van der Waals surface area contributed by atoms with Crippen LogP contribution in [0.5, 0.6) is 0 Å². The lowest BCUT2D eigenvalue weighted by Crippen LogP contribution is -2.40. The monoisotopic (exact) mass is 246 g/mol. The third-order valence-electron chi connectivity index (χ3n) is 4.18. The van der Waals surface area contributed by atoms with Gasteiger partial charge in [-0.25, -0.2) is 0 Å². The average molecular weight is 246 g/mol. The third kappa shape index (κ3) is 3.32. The van der Waals surface area contributed by atoms with Gasteiger partial charge in [-0.15, -0.1) is 0 Å². The highest BCUT2D eigenvalue weighted by molar-refractivity contribution is 5.23. The molecule has 1 fully saturated rings. The topological polar surface area (TPSA) is 24.9 Å². The maximum absolute atomic E-state index is 4.33. The molecule has 0 aromatic carbocycles. The second-order valence-electron chi connectivity index (χ2n) is 5.97. The molecule has 0 bridgehead atoms. The predicted octanol–water partition coefficient (Wildman–Crippen LogP) is 3.67. The molecule has 100 valence electrons. The van der Waals surface area contributed by atoms with Crippen molar-refractivity contribution in [1.82, 2.24) is 10.3 Å². The van der Waals surface area contributed by atoms with Gasteiger partial charge in [0.15, 0.2) is 0 Å². The zero-order valence-corrected chi connectivity index (χ0v) is 11.8. The van der Waals surface area contributed by atoms with Gasteiger partial charge in [0.1, 0.15) is 0 Å². The average Bonchev–Trinajstić information content (AvgIpc) is 2.64. The highest BCUT2D eigenvalue weighted by Crippen LogP contribution is 2.37. The van der Waals surface area contributed by atoms with Crippen molar-refractivity contribution in [2.24, 2.45) is 0 Å². The van der Waals surface area contributed by atoms with Crippen LogP contribution in [0.25, 0.3) is 0 Å². The van der Waals surface area contributed by atoms with E-state index in [4.69, 9.17) is 0 Å². The van der Waals surface area contributed by atoms with Crippen LogP contribution in [0.4, 0.5) is 0 Å². The lowest BCUT2D eigenvalue weighted by Gasteiger charge is -2.34. The smallest absolute Gasteiger partial charge is 0.0306 e. The number of nitrogens with one attached hydrogen (secondary N) is 1. The number of aromatic nitrogens is 1. The van der Waals surface area contributed by atoms with Gasteiger partial charge in [0.25, 0.3) is 0 Å². The van der Waals surface area contributed by atoms with E-state index in [1.807, 2.05) is 6.20 Å². The first kappa shape index (κ1) is 13.5. The molecule has 1 aromatic rings. The van der Waals surface area contributed by atoms with Crippen LogP contribution in [0, 0.1) is 0 Å². The fourth-order valence-electron chi connectivity index (χ4n) is 3.05. The molecule has 18 heavy (non-hydrogen) atoms. The van der Waals surface area contributed by atoms with E-state index < -0.39 is 0 Å². The van der Waals surface area contributed by atoms with Gasteiger partial charge in [0, 0.05) is 30.4 Å². The Morgan fingerprint density at radius 1 is 1.22 bits per heavy atom. The Hall–Kier alpha value is -0.890. The number of pyridine rings is 1. The van der Waals surface area contributed by atoms with Gasteiger partial charge in [-0.1, -0.05) is 45.6 Å². The van der Waals surface area contributed by atoms with Crippen molar-refractivity contribution < 1.29 is 0 Å². The molecule has 0 saturated heterocycles. The maximum atomic E-state index is 4.33. The third-order valence-corrected chi connectivity index (χ3v) is 4.18. The van der Waals surface area contributed by atoms with Crippen molar-refractivity contribution in [2.45, 2.75) is 63.8 Å². The molecule has 2 nitrogen and oxygen atoms in total. The summed E-state index contributed by atoms with van der Waals surface area (Å²) in [6.45, 7) is 5.55. The molecule has 1 aliphatic carbocycles. The van der Waals surface area contributed by atoms with Gasteiger partial charge in [-0.05, 0) is 24.5 Å². The quantitative estimate of drug-likeness (QED) is 0.820. The van der Waals surface area contributed by atoms with Gasteiger partial charge in [-0.2, -0.15) is 0 Å². The van der Waals surface area contributed by atoms with Crippen molar-refractivity contribution in [2.75, 3.05) is 6.54 Å². The minimum Gasteiger partial charge on any atom is -0.314 e. The molecule has 0 atom stereocenters. The van der Waals surface area contributed by atoms with Crippen LogP contribution in [0.2, 0.25) is 0 Å². The van der Waals surface area contributed by atoms with E-state index in [2.05, 4.69) is 42.5 Å². The molecule has 1 aromatic heterocycles. The Morgan fingerprint density at radius 2 is 1.94 bits per heavy atom. The molecule has 0 radical (unpaired) electrons. The SMILES string of the molecule is CC(C)NCC1(c2cccnc2)CCCCCC1. The van der Waals surface area contributed by atoms with E-state index in [1.54, 1.807) is 0 Å². The summed E-state index contributed by atoms with van der Waals surface area (Å²) in [7, 11) is 0. The van der Waals surface area contributed by atoms with Crippen LogP contribution < -0.4 is 5.32 Å². The summed E-state index contributed by atoms with van der Waals surface area (Å²) in [5.74, 6) is 0. The lowest BCUT2D eigenvalue weighted by molar-refractivity contribution is 0.335. The van der Waals surface area contributed by atoms with E-state index in [-0.39, 0.29) is 0 Å². The van der Waals surface area contributed by atoms with Crippen LogP contribution in [0.15, 0.2) is 24.5 Å². The van der Waals surface area contributed by atoms with Crippen LogP contribution >= 0.6 is 0 Å². The summed E-state index contributed by atoms with van der Waals surface area (Å²) in [6.07, 6.45) is 12.1. The van der Waals surface area contributed by atoms with E-state index in [1.165, 1.54) is 44.1 Å². The summed E-state index contributed by atoms with van der Waals surface area (Å²) in [6, 6.07) is 4.90. The minimum atomic E-state index is 0.315. The highest BCUT2D eigenvalue weighted by Gasteiger charge is 2.32. The van der Waals surface area contributed by atoms with Crippen LogP contribution in [0.1, 0.15) is 57.9 Å². The number of rotatable bonds is 4. The van der Waals surface area contributed by atoms with Gasteiger partial charge in [-0.3, -0.25) is 4.98 Å². The van der Waals surface area contributed by atoms with E-state index in [9.17, 15) is 0 Å².